The quantitative estimate of drug-likeness (QED) is 0.217. The molecule has 3 aliphatic heterocycles. The number of thioether (sulfide) groups is 1. The van der Waals surface area contributed by atoms with Crippen molar-refractivity contribution in [1.29, 1.82) is 0 Å². The second-order valence-corrected chi connectivity index (χ2v) is 11.2. The van der Waals surface area contributed by atoms with Gasteiger partial charge in [0, 0.05) is 37.2 Å². The van der Waals surface area contributed by atoms with Crippen LogP contribution in [0.15, 0.2) is 29.2 Å². The minimum atomic E-state index is -0.290. The molecule has 10 heteroatoms. The van der Waals surface area contributed by atoms with Crippen molar-refractivity contribution >= 4 is 51.7 Å². The summed E-state index contributed by atoms with van der Waals surface area (Å²) in [4.78, 5) is 29.1. The van der Waals surface area contributed by atoms with Gasteiger partial charge in [0.1, 0.15) is 10.0 Å². The van der Waals surface area contributed by atoms with Crippen molar-refractivity contribution in [3.8, 4) is 5.69 Å². The van der Waals surface area contributed by atoms with Crippen molar-refractivity contribution in [3.05, 3.63) is 56.2 Å². The smallest absolute Gasteiger partial charge is 0.294 e. The number of rotatable bonds is 6. The molecule has 8 nitrogen and oxygen atoms in total. The zero-order valence-electron chi connectivity index (χ0n) is 20.6. The van der Waals surface area contributed by atoms with Crippen molar-refractivity contribution in [2.24, 2.45) is 0 Å². The number of benzene rings is 1. The highest BCUT2D eigenvalue weighted by molar-refractivity contribution is 8.26. The monoisotopic (exact) mass is 526 g/mol. The van der Waals surface area contributed by atoms with E-state index in [1.165, 1.54) is 18.2 Å². The van der Waals surface area contributed by atoms with Gasteiger partial charge >= 0.3 is 0 Å². The summed E-state index contributed by atoms with van der Waals surface area (Å²) < 4.78 is 8.25. The second kappa shape index (κ2) is 10.4. The number of anilines is 1. The molecule has 0 spiro atoms. The normalized spacial score (nSPS) is 21.7. The van der Waals surface area contributed by atoms with E-state index in [-0.39, 0.29) is 22.6 Å². The Bertz CT molecular complexity index is 1240. The summed E-state index contributed by atoms with van der Waals surface area (Å²) in [5, 5.41) is 12.0. The van der Waals surface area contributed by atoms with Gasteiger partial charge < -0.3 is 14.2 Å². The number of aryl methyl sites for hydroxylation is 1. The van der Waals surface area contributed by atoms with Gasteiger partial charge in [0.2, 0.25) is 0 Å². The van der Waals surface area contributed by atoms with E-state index in [9.17, 15) is 14.9 Å². The molecule has 2 aromatic rings. The molecule has 1 amide bonds. The highest BCUT2D eigenvalue weighted by Gasteiger charge is 2.35. The lowest BCUT2D eigenvalue weighted by Crippen LogP contribution is -2.35. The maximum Gasteiger partial charge on any atom is 0.294 e. The largest absolute Gasteiger partial charge is 0.376 e. The third kappa shape index (κ3) is 4.81. The van der Waals surface area contributed by atoms with E-state index >= 15 is 0 Å². The number of carbonyl (C=O) groups excluding carboxylic acids is 1. The standard InChI is InChI=1S/C26H30N4O4S2/c1-17-13-19(14-24-25(31)28(26(35)36-24)16-21-7-6-12-34-21)18(2)29(17)20-8-9-22(23(15-20)30(32)33)27-10-4-3-5-11-27/h8-9,13-15,21H,3-7,10-12,16H2,1-2H3/b24-14-/t21-/m0/s1. The van der Waals surface area contributed by atoms with Gasteiger partial charge in [-0.15, -0.1) is 0 Å². The van der Waals surface area contributed by atoms with Crippen molar-refractivity contribution in [1.82, 2.24) is 9.47 Å². The van der Waals surface area contributed by atoms with Gasteiger partial charge in [-0.2, -0.15) is 0 Å². The van der Waals surface area contributed by atoms with Crippen molar-refractivity contribution in [3.63, 3.8) is 0 Å². The maximum absolute atomic E-state index is 13.1. The first-order valence-electron chi connectivity index (χ1n) is 12.4. The Balaban J connectivity index is 1.43. The molecule has 36 heavy (non-hydrogen) atoms. The van der Waals surface area contributed by atoms with Crippen LogP contribution in [-0.4, -0.2) is 57.0 Å². The average Bonchev–Trinajstić information content (AvgIpc) is 3.55. The fraction of sp³-hybridized carbons (Fsp3) is 0.462. The number of nitro groups is 1. The fourth-order valence-corrected chi connectivity index (χ4v) is 6.59. The van der Waals surface area contributed by atoms with E-state index in [1.807, 2.05) is 42.7 Å². The number of carbonyl (C=O) groups is 1. The highest BCUT2D eigenvalue weighted by Crippen LogP contribution is 2.36. The molecular weight excluding hydrogens is 496 g/mol. The first-order chi connectivity index (χ1) is 17.3. The molecule has 1 aromatic heterocycles. The highest BCUT2D eigenvalue weighted by atomic mass is 32.2. The van der Waals surface area contributed by atoms with Crippen LogP contribution in [0.25, 0.3) is 11.8 Å². The van der Waals surface area contributed by atoms with Crippen molar-refractivity contribution < 1.29 is 14.5 Å². The summed E-state index contributed by atoms with van der Waals surface area (Å²) in [6.07, 6.45) is 7.15. The molecule has 0 bridgehead atoms. The molecule has 0 unspecified atom stereocenters. The van der Waals surface area contributed by atoms with Crippen LogP contribution in [0, 0.1) is 24.0 Å². The van der Waals surface area contributed by atoms with Crippen LogP contribution in [0.3, 0.4) is 0 Å². The number of amides is 1. The molecule has 3 aliphatic rings. The number of hydrogen-bond acceptors (Lipinski definition) is 7. The van der Waals surface area contributed by atoms with Crippen LogP contribution in [-0.2, 0) is 9.53 Å². The predicted molar refractivity (Wildman–Crippen MR) is 147 cm³/mol. The van der Waals surface area contributed by atoms with Crippen LogP contribution in [0.2, 0.25) is 0 Å². The number of thiocarbonyl (C=S) groups is 1. The van der Waals surface area contributed by atoms with Crippen LogP contribution in [0.4, 0.5) is 11.4 Å². The number of nitrogens with zero attached hydrogens (tertiary/aromatic N) is 4. The Labute approximate surface area is 220 Å². The summed E-state index contributed by atoms with van der Waals surface area (Å²) >= 11 is 6.80. The molecular formula is C26H30N4O4S2. The summed E-state index contributed by atoms with van der Waals surface area (Å²) in [5.41, 5.74) is 4.29. The number of nitro benzene ring substituents is 1. The molecule has 0 radical (unpaired) electrons. The fourth-order valence-electron chi connectivity index (χ4n) is 5.32. The zero-order chi connectivity index (χ0) is 25.4. The molecule has 1 aromatic carbocycles. The van der Waals surface area contributed by atoms with Gasteiger partial charge in [-0.3, -0.25) is 19.8 Å². The van der Waals surface area contributed by atoms with Crippen molar-refractivity contribution in [2.75, 3.05) is 31.1 Å². The SMILES string of the molecule is Cc1cc(/C=C2\SC(=S)N(C[C@@H]3CCCO3)C2=O)c(C)n1-c1ccc(N2CCCCC2)c([N+](=O)[O-])c1. The molecule has 3 fully saturated rings. The Hall–Kier alpha value is -2.69. The van der Waals surface area contributed by atoms with E-state index in [2.05, 4.69) is 4.90 Å². The molecule has 0 N–H and O–H groups in total. The summed E-state index contributed by atoms with van der Waals surface area (Å²) in [5.74, 6) is -0.0909. The Morgan fingerprint density at radius 2 is 1.97 bits per heavy atom. The van der Waals surface area contributed by atoms with Crippen LogP contribution in [0.5, 0.6) is 0 Å². The van der Waals surface area contributed by atoms with E-state index in [0.29, 0.717) is 21.5 Å². The summed E-state index contributed by atoms with van der Waals surface area (Å²) in [6, 6.07) is 7.48. The minimum Gasteiger partial charge on any atom is -0.376 e. The minimum absolute atomic E-state index is 0.0422. The molecule has 5 rings (SSSR count). The zero-order valence-corrected chi connectivity index (χ0v) is 22.2. The Morgan fingerprint density at radius 3 is 2.67 bits per heavy atom. The Morgan fingerprint density at radius 1 is 1.19 bits per heavy atom. The lowest BCUT2D eigenvalue weighted by Gasteiger charge is -2.28. The van der Waals surface area contributed by atoms with E-state index in [4.69, 9.17) is 17.0 Å². The predicted octanol–water partition coefficient (Wildman–Crippen LogP) is 5.37. The van der Waals surface area contributed by atoms with E-state index in [0.717, 1.165) is 68.0 Å². The molecule has 1 atom stereocenters. The molecule has 3 saturated heterocycles. The second-order valence-electron chi connectivity index (χ2n) is 9.57. The molecule has 4 heterocycles. The van der Waals surface area contributed by atoms with Gasteiger partial charge in [0.25, 0.3) is 11.6 Å². The summed E-state index contributed by atoms with van der Waals surface area (Å²) in [7, 11) is 0. The van der Waals surface area contributed by atoms with Crippen LogP contribution < -0.4 is 4.90 Å². The molecule has 0 saturated carbocycles. The average molecular weight is 527 g/mol. The number of aromatic nitrogens is 1. The summed E-state index contributed by atoms with van der Waals surface area (Å²) in [6.45, 7) is 6.86. The van der Waals surface area contributed by atoms with Gasteiger partial charge in [0.05, 0.1) is 28.2 Å². The Kier molecular flexibility index (Phi) is 7.18. The van der Waals surface area contributed by atoms with Gasteiger partial charge in [0.15, 0.2) is 0 Å². The third-order valence-electron chi connectivity index (χ3n) is 7.15. The number of piperidine rings is 1. The molecule has 0 aliphatic carbocycles. The first kappa shape index (κ1) is 25.0. The lowest BCUT2D eigenvalue weighted by atomic mass is 10.1. The van der Waals surface area contributed by atoms with Crippen molar-refractivity contribution in [2.45, 2.75) is 52.1 Å². The van der Waals surface area contributed by atoms with E-state index in [1.54, 1.807) is 11.0 Å². The van der Waals surface area contributed by atoms with E-state index < -0.39 is 0 Å². The van der Waals surface area contributed by atoms with Gasteiger partial charge in [-0.1, -0.05) is 24.0 Å². The third-order valence-corrected chi connectivity index (χ3v) is 8.53. The van der Waals surface area contributed by atoms with Gasteiger partial charge in [-0.25, -0.2) is 0 Å². The van der Waals surface area contributed by atoms with Crippen LogP contribution >= 0.6 is 24.0 Å². The first-order valence-corrected chi connectivity index (χ1v) is 13.7. The number of ether oxygens (including phenoxy) is 1. The lowest BCUT2D eigenvalue weighted by molar-refractivity contribution is -0.384. The molecule has 190 valence electrons. The van der Waals surface area contributed by atoms with Crippen LogP contribution in [0.1, 0.15) is 49.1 Å². The van der Waals surface area contributed by atoms with Gasteiger partial charge in [-0.05, 0) is 75.8 Å². The maximum atomic E-state index is 13.1. The number of hydrogen-bond donors (Lipinski definition) is 0. The topological polar surface area (TPSA) is 80.8 Å².